The van der Waals surface area contributed by atoms with Crippen LogP contribution in [0.2, 0.25) is 0 Å². The standard InChI is InChI=1S/C10H14N2O2S/c1-7(11)5-15-6-9-3-2-8(4-12-9)10(13)14/h2-4,7H,5-6,11H2,1H3,(H,13,14). The first-order valence-electron chi connectivity index (χ1n) is 4.61. The highest BCUT2D eigenvalue weighted by molar-refractivity contribution is 7.98. The summed E-state index contributed by atoms with van der Waals surface area (Å²) in [6.45, 7) is 1.95. The zero-order valence-electron chi connectivity index (χ0n) is 8.51. The number of nitrogens with zero attached hydrogens (tertiary/aromatic N) is 1. The van der Waals surface area contributed by atoms with E-state index in [2.05, 4.69) is 4.98 Å². The summed E-state index contributed by atoms with van der Waals surface area (Å²) in [5.74, 6) is 0.696. The Morgan fingerprint density at radius 1 is 1.67 bits per heavy atom. The number of nitrogens with two attached hydrogens (primary N) is 1. The Balaban J connectivity index is 2.46. The molecule has 0 saturated heterocycles. The average molecular weight is 226 g/mol. The molecule has 0 amide bonds. The van der Waals surface area contributed by atoms with Gasteiger partial charge in [-0.2, -0.15) is 11.8 Å². The number of rotatable bonds is 5. The molecule has 0 aliphatic heterocycles. The summed E-state index contributed by atoms with van der Waals surface area (Å²) in [4.78, 5) is 14.6. The third-order valence-electron chi connectivity index (χ3n) is 1.70. The number of pyridine rings is 1. The molecule has 1 aromatic rings. The van der Waals surface area contributed by atoms with Crippen LogP contribution in [0.3, 0.4) is 0 Å². The lowest BCUT2D eigenvalue weighted by Gasteiger charge is -2.04. The molecule has 0 fully saturated rings. The first-order chi connectivity index (χ1) is 7.09. The molecule has 0 spiro atoms. The van der Waals surface area contributed by atoms with Gasteiger partial charge in [0.2, 0.25) is 0 Å². The Hall–Kier alpha value is -1.07. The SMILES string of the molecule is CC(N)CSCc1ccc(C(=O)O)cn1. The molecule has 0 aliphatic rings. The van der Waals surface area contributed by atoms with Crippen LogP contribution in [0.25, 0.3) is 0 Å². The van der Waals surface area contributed by atoms with E-state index in [1.165, 1.54) is 6.20 Å². The van der Waals surface area contributed by atoms with Crippen molar-refractivity contribution < 1.29 is 9.90 Å². The number of carbonyl (C=O) groups is 1. The maximum absolute atomic E-state index is 10.6. The third-order valence-corrected chi connectivity index (χ3v) is 2.96. The molecule has 15 heavy (non-hydrogen) atoms. The molecule has 1 rings (SSSR count). The van der Waals surface area contributed by atoms with E-state index in [1.54, 1.807) is 23.9 Å². The largest absolute Gasteiger partial charge is 0.478 e. The first-order valence-corrected chi connectivity index (χ1v) is 5.76. The van der Waals surface area contributed by atoms with Gasteiger partial charge in [-0.15, -0.1) is 0 Å². The van der Waals surface area contributed by atoms with Crippen LogP contribution >= 0.6 is 11.8 Å². The van der Waals surface area contributed by atoms with Crippen LogP contribution in [0.15, 0.2) is 18.3 Å². The lowest BCUT2D eigenvalue weighted by molar-refractivity contribution is 0.0696. The van der Waals surface area contributed by atoms with Gasteiger partial charge in [0.05, 0.1) is 11.3 Å². The number of thioether (sulfide) groups is 1. The van der Waals surface area contributed by atoms with Gasteiger partial charge in [-0.1, -0.05) is 0 Å². The normalized spacial score (nSPS) is 12.4. The number of hydrogen-bond donors (Lipinski definition) is 2. The number of hydrogen-bond acceptors (Lipinski definition) is 4. The molecule has 5 heteroatoms. The summed E-state index contributed by atoms with van der Waals surface area (Å²) >= 11 is 1.69. The van der Waals surface area contributed by atoms with Gasteiger partial charge in [0.15, 0.2) is 0 Å². The molecule has 0 aliphatic carbocycles. The summed E-state index contributed by atoms with van der Waals surface area (Å²) in [6.07, 6.45) is 1.38. The molecule has 1 aromatic heterocycles. The topological polar surface area (TPSA) is 76.2 Å². The van der Waals surface area contributed by atoms with Crippen LogP contribution in [0, 0.1) is 0 Å². The second-order valence-electron chi connectivity index (χ2n) is 3.34. The van der Waals surface area contributed by atoms with Crippen LogP contribution < -0.4 is 5.73 Å². The highest BCUT2D eigenvalue weighted by Gasteiger charge is 2.03. The van der Waals surface area contributed by atoms with Gasteiger partial charge in [0, 0.05) is 23.7 Å². The zero-order chi connectivity index (χ0) is 11.3. The van der Waals surface area contributed by atoms with Gasteiger partial charge in [-0.05, 0) is 19.1 Å². The fraction of sp³-hybridized carbons (Fsp3) is 0.400. The van der Waals surface area contributed by atoms with Crippen LogP contribution in [-0.4, -0.2) is 27.9 Å². The molecule has 4 nitrogen and oxygen atoms in total. The van der Waals surface area contributed by atoms with Crippen molar-refractivity contribution in [2.45, 2.75) is 18.7 Å². The number of aromatic nitrogens is 1. The van der Waals surface area contributed by atoms with Crippen molar-refractivity contribution in [3.63, 3.8) is 0 Å². The van der Waals surface area contributed by atoms with Crippen molar-refractivity contribution >= 4 is 17.7 Å². The zero-order valence-corrected chi connectivity index (χ0v) is 9.33. The van der Waals surface area contributed by atoms with Crippen molar-refractivity contribution in [3.8, 4) is 0 Å². The minimum Gasteiger partial charge on any atom is -0.478 e. The predicted molar refractivity (Wildman–Crippen MR) is 61.0 cm³/mol. The molecule has 1 atom stereocenters. The Labute approximate surface area is 92.9 Å². The second-order valence-corrected chi connectivity index (χ2v) is 4.37. The highest BCUT2D eigenvalue weighted by Crippen LogP contribution is 2.11. The molecular weight excluding hydrogens is 212 g/mol. The lowest BCUT2D eigenvalue weighted by atomic mass is 10.2. The second kappa shape index (κ2) is 5.72. The van der Waals surface area contributed by atoms with Crippen molar-refractivity contribution in [2.24, 2.45) is 5.73 Å². The van der Waals surface area contributed by atoms with E-state index in [4.69, 9.17) is 10.8 Å². The van der Waals surface area contributed by atoms with Gasteiger partial charge >= 0.3 is 5.97 Å². The van der Waals surface area contributed by atoms with E-state index in [-0.39, 0.29) is 11.6 Å². The fourth-order valence-electron chi connectivity index (χ4n) is 0.986. The Morgan fingerprint density at radius 3 is 2.87 bits per heavy atom. The summed E-state index contributed by atoms with van der Waals surface area (Å²) < 4.78 is 0. The summed E-state index contributed by atoms with van der Waals surface area (Å²) in [7, 11) is 0. The van der Waals surface area contributed by atoms with Crippen LogP contribution in [-0.2, 0) is 5.75 Å². The van der Waals surface area contributed by atoms with E-state index in [9.17, 15) is 4.79 Å². The van der Waals surface area contributed by atoms with Crippen LogP contribution in [0.5, 0.6) is 0 Å². The highest BCUT2D eigenvalue weighted by atomic mass is 32.2. The third kappa shape index (κ3) is 4.31. The van der Waals surface area contributed by atoms with Crippen molar-refractivity contribution in [1.82, 2.24) is 4.98 Å². The minimum absolute atomic E-state index is 0.174. The van der Waals surface area contributed by atoms with Crippen molar-refractivity contribution in [2.75, 3.05) is 5.75 Å². The Bertz CT molecular complexity index is 325. The summed E-state index contributed by atoms with van der Waals surface area (Å²) in [6, 6.07) is 3.47. The van der Waals surface area contributed by atoms with Gasteiger partial charge in [0.1, 0.15) is 0 Å². The molecule has 3 N–H and O–H groups in total. The smallest absolute Gasteiger partial charge is 0.337 e. The minimum atomic E-state index is -0.947. The molecule has 0 bridgehead atoms. The number of carboxylic acid groups (broad SMARTS) is 1. The Kier molecular flexibility index (Phi) is 4.58. The Morgan fingerprint density at radius 2 is 2.40 bits per heavy atom. The number of aromatic carboxylic acids is 1. The molecule has 82 valence electrons. The van der Waals surface area contributed by atoms with Gasteiger partial charge in [-0.25, -0.2) is 4.79 Å². The maximum Gasteiger partial charge on any atom is 0.337 e. The molecule has 0 radical (unpaired) electrons. The molecule has 1 heterocycles. The first kappa shape index (κ1) is 12.0. The quantitative estimate of drug-likeness (QED) is 0.792. The molecule has 0 saturated carbocycles. The molecule has 1 unspecified atom stereocenters. The average Bonchev–Trinajstić information content (AvgIpc) is 2.18. The van der Waals surface area contributed by atoms with E-state index in [0.717, 1.165) is 17.2 Å². The van der Waals surface area contributed by atoms with E-state index < -0.39 is 5.97 Å². The lowest BCUT2D eigenvalue weighted by Crippen LogP contribution is -2.17. The monoisotopic (exact) mass is 226 g/mol. The fourth-order valence-corrected chi connectivity index (χ4v) is 1.86. The van der Waals surface area contributed by atoms with E-state index in [1.807, 2.05) is 6.92 Å². The summed E-state index contributed by atoms with van der Waals surface area (Å²) in [5.41, 5.74) is 6.70. The number of carboxylic acids is 1. The van der Waals surface area contributed by atoms with Gasteiger partial charge in [-0.3, -0.25) is 4.98 Å². The maximum atomic E-state index is 10.6. The van der Waals surface area contributed by atoms with E-state index in [0.29, 0.717) is 0 Å². The van der Waals surface area contributed by atoms with Gasteiger partial charge in [0.25, 0.3) is 0 Å². The molecular formula is C10H14N2O2S. The van der Waals surface area contributed by atoms with Gasteiger partial charge < -0.3 is 10.8 Å². The van der Waals surface area contributed by atoms with Crippen LogP contribution in [0.1, 0.15) is 23.0 Å². The van der Waals surface area contributed by atoms with E-state index >= 15 is 0 Å². The van der Waals surface area contributed by atoms with Crippen molar-refractivity contribution in [3.05, 3.63) is 29.6 Å². The van der Waals surface area contributed by atoms with Crippen LogP contribution in [0.4, 0.5) is 0 Å². The summed E-state index contributed by atoms with van der Waals surface area (Å²) in [5, 5.41) is 8.66. The predicted octanol–water partition coefficient (Wildman–Crippen LogP) is 1.36. The van der Waals surface area contributed by atoms with Crippen molar-refractivity contribution in [1.29, 1.82) is 0 Å². The molecule has 0 aromatic carbocycles.